The summed E-state index contributed by atoms with van der Waals surface area (Å²) in [6, 6.07) is 14.5. The molecule has 4 rings (SSSR count). The van der Waals surface area contributed by atoms with Gasteiger partial charge in [-0.15, -0.1) is 5.10 Å². The molecular formula is C23H24N4O3. The van der Waals surface area contributed by atoms with E-state index in [-0.39, 0.29) is 29.5 Å². The highest BCUT2D eigenvalue weighted by atomic mass is 16.4. The molecule has 0 bridgehead atoms. The van der Waals surface area contributed by atoms with Crippen LogP contribution in [-0.2, 0) is 4.79 Å². The number of carbonyl (C=O) groups is 2. The highest BCUT2D eigenvalue weighted by Crippen LogP contribution is 2.44. The third-order valence-corrected chi connectivity index (χ3v) is 5.91. The van der Waals surface area contributed by atoms with E-state index in [9.17, 15) is 14.7 Å². The second kappa shape index (κ2) is 7.74. The fraction of sp³-hybridized carbons (Fsp3) is 0.304. The minimum Gasteiger partial charge on any atom is -0.478 e. The van der Waals surface area contributed by atoms with E-state index in [1.807, 2.05) is 36.5 Å². The van der Waals surface area contributed by atoms with Gasteiger partial charge in [0.25, 0.3) is 0 Å². The van der Waals surface area contributed by atoms with Gasteiger partial charge >= 0.3 is 5.97 Å². The van der Waals surface area contributed by atoms with Gasteiger partial charge in [0.2, 0.25) is 5.91 Å². The normalized spacial score (nSPS) is 20.6. The van der Waals surface area contributed by atoms with Crippen LogP contribution >= 0.6 is 0 Å². The number of carbonyl (C=O) groups excluding carboxylic acids is 1. The Balaban J connectivity index is 1.87. The van der Waals surface area contributed by atoms with Crippen molar-refractivity contribution in [2.75, 3.05) is 4.90 Å². The zero-order valence-corrected chi connectivity index (χ0v) is 17.2. The summed E-state index contributed by atoms with van der Waals surface area (Å²) in [5.41, 5.74) is 3.41. The highest BCUT2D eigenvalue weighted by molar-refractivity contribution is 5.95. The quantitative estimate of drug-likeness (QED) is 0.710. The fourth-order valence-electron chi connectivity index (χ4n) is 4.55. The predicted molar refractivity (Wildman–Crippen MR) is 113 cm³/mol. The predicted octanol–water partition coefficient (Wildman–Crippen LogP) is 4.01. The van der Waals surface area contributed by atoms with Crippen LogP contribution in [0, 0.1) is 5.92 Å². The van der Waals surface area contributed by atoms with Gasteiger partial charge in [0.15, 0.2) is 0 Å². The molecule has 7 nitrogen and oxygen atoms in total. The molecule has 2 unspecified atom stereocenters. The Hall–Kier alpha value is -3.48. The largest absolute Gasteiger partial charge is 0.478 e. The summed E-state index contributed by atoms with van der Waals surface area (Å²) in [5, 5.41) is 18.3. The summed E-state index contributed by atoms with van der Waals surface area (Å²) in [7, 11) is 0. The van der Waals surface area contributed by atoms with Crippen molar-refractivity contribution in [3.63, 3.8) is 0 Å². The van der Waals surface area contributed by atoms with Crippen molar-refractivity contribution in [1.29, 1.82) is 0 Å². The first-order chi connectivity index (χ1) is 14.4. The average molecular weight is 404 g/mol. The molecule has 0 saturated carbocycles. The van der Waals surface area contributed by atoms with Crippen LogP contribution in [0.15, 0.2) is 54.7 Å². The van der Waals surface area contributed by atoms with Crippen LogP contribution in [0.25, 0.3) is 11.3 Å². The monoisotopic (exact) mass is 404 g/mol. The van der Waals surface area contributed by atoms with Crippen LogP contribution in [0.5, 0.6) is 0 Å². The molecule has 0 radical (unpaired) electrons. The van der Waals surface area contributed by atoms with Gasteiger partial charge in [-0.05, 0) is 24.6 Å². The van der Waals surface area contributed by atoms with Gasteiger partial charge in [-0.3, -0.25) is 4.79 Å². The molecule has 1 N–H and O–H groups in total. The zero-order valence-electron chi connectivity index (χ0n) is 17.2. The molecule has 2 aromatic carbocycles. The van der Waals surface area contributed by atoms with Gasteiger partial charge in [-0.25, -0.2) is 9.48 Å². The zero-order chi connectivity index (χ0) is 21.4. The van der Waals surface area contributed by atoms with Crippen molar-refractivity contribution >= 4 is 17.6 Å². The summed E-state index contributed by atoms with van der Waals surface area (Å²) in [6.07, 6.45) is 2.67. The summed E-state index contributed by atoms with van der Waals surface area (Å²) >= 11 is 0. The summed E-state index contributed by atoms with van der Waals surface area (Å²) < 4.78 is 1.80. The summed E-state index contributed by atoms with van der Waals surface area (Å²) in [4.78, 5) is 25.9. The van der Waals surface area contributed by atoms with Crippen LogP contribution in [0.3, 0.4) is 0 Å². The summed E-state index contributed by atoms with van der Waals surface area (Å²) in [6.45, 7) is 5.68. The maximum absolute atomic E-state index is 12.5. The van der Waals surface area contributed by atoms with Crippen molar-refractivity contribution in [3.05, 3.63) is 65.9 Å². The van der Waals surface area contributed by atoms with Crippen LogP contribution in [0.1, 0.15) is 49.2 Å². The Morgan fingerprint density at radius 3 is 2.50 bits per heavy atom. The first-order valence-electron chi connectivity index (χ1n) is 10.1. The second-order valence-corrected chi connectivity index (χ2v) is 7.70. The Morgan fingerprint density at radius 2 is 1.87 bits per heavy atom. The maximum Gasteiger partial charge on any atom is 0.335 e. The molecule has 0 saturated heterocycles. The third kappa shape index (κ3) is 3.26. The Bertz CT molecular complexity index is 1090. The molecule has 1 aliphatic heterocycles. The van der Waals surface area contributed by atoms with Crippen LogP contribution in [-0.4, -0.2) is 38.0 Å². The van der Waals surface area contributed by atoms with E-state index in [2.05, 4.69) is 24.2 Å². The topological polar surface area (TPSA) is 88.3 Å². The molecule has 1 amide bonds. The highest BCUT2D eigenvalue weighted by Gasteiger charge is 2.41. The third-order valence-electron chi connectivity index (χ3n) is 5.91. The SMILES string of the molecule is CCC1C(C)[C@H](n2cc(-c3ccccc3)nn2)c2cc(C(=O)O)ccc2N1C(C)=O. The van der Waals surface area contributed by atoms with Crippen molar-refractivity contribution in [1.82, 2.24) is 15.0 Å². The number of benzene rings is 2. The summed E-state index contributed by atoms with van der Waals surface area (Å²) in [5.74, 6) is -1.04. The number of carboxylic acids is 1. The van der Waals surface area contributed by atoms with E-state index < -0.39 is 5.97 Å². The molecular weight excluding hydrogens is 380 g/mol. The molecule has 0 aliphatic carbocycles. The van der Waals surface area contributed by atoms with Crippen LogP contribution < -0.4 is 4.90 Å². The average Bonchev–Trinajstić information content (AvgIpc) is 3.22. The van der Waals surface area contributed by atoms with Gasteiger partial charge in [0.05, 0.1) is 17.8 Å². The molecule has 1 aliphatic rings. The number of aromatic nitrogens is 3. The molecule has 30 heavy (non-hydrogen) atoms. The second-order valence-electron chi connectivity index (χ2n) is 7.70. The van der Waals surface area contributed by atoms with E-state index in [4.69, 9.17) is 0 Å². The molecule has 1 aromatic heterocycles. The molecule has 154 valence electrons. The standard InChI is InChI=1S/C23H24N4O3/c1-4-20-14(2)22(26-13-19(24-25-26)16-8-6-5-7-9-16)18-12-17(23(29)30)10-11-21(18)27(20)15(3)28/h5-14,20,22H,4H2,1-3H3,(H,29,30)/t14?,20?,22-/m0/s1. The molecule has 7 heteroatoms. The van der Waals surface area contributed by atoms with Gasteiger partial charge in [-0.1, -0.05) is 49.4 Å². The Morgan fingerprint density at radius 1 is 1.13 bits per heavy atom. The van der Waals surface area contributed by atoms with E-state index in [1.165, 1.54) is 0 Å². The first-order valence-corrected chi connectivity index (χ1v) is 10.1. The van der Waals surface area contributed by atoms with Crippen molar-refractivity contribution in [2.45, 2.75) is 39.3 Å². The lowest BCUT2D eigenvalue weighted by Gasteiger charge is -2.44. The number of amides is 1. The molecule has 3 atom stereocenters. The number of carboxylic acid groups (broad SMARTS) is 1. The van der Waals surface area contributed by atoms with Gasteiger partial charge in [0, 0.05) is 35.7 Å². The number of nitrogens with zero attached hydrogens (tertiary/aromatic N) is 4. The first kappa shape index (κ1) is 19.8. The van der Waals surface area contributed by atoms with E-state index in [0.29, 0.717) is 0 Å². The lowest BCUT2D eigenvalue weighted by atomic mass is 9.80. The lowest BCUT2D eigenvalue weighted by molar-refractivity contribution is -0.117. The van der Waals surface area contributed by atoms with Gasteiger partial charge in [0.1, 0.15) is 5.69 Å². The smallest absolute Gasteiger partial charge is 0.335 e. The van der Waals surface area contributed by atoms with Crippen molar-refractivity contribution in [2.24, 2.45) is 5.92 Å². The van der Waals surface area contributed by atoms with E-state index in [1.54, 1.807) is 34.7 Å². The van der Waals surface area contributed by atoms with Crippen LogP contribution in [0.4, 0.5) is 5.69 Å². The number of rotatable bonds is 4. The Labute approximate surface area is 174 Å². The molecule has 0 fully saturated rings. The number of aromatic carboxylic acids is 1. The van der Waals surface area contributed by atoms with E-state index >= 15 is 0 Å². The molecule has 0 spiro atoms. The number of fused-ring (bicyclic) bond motifs is 1. The maximum atomic E-state index is 12.5. The number of hydrogen-bond acceptors (Lipinski definition) is 4. The number of hydrogen-bond donors (Lipinski definition) is 1. The Kier molecular flexibility index (Phi) is 5.11. The minimum absolute atomic E-state index is 0.0146. The van der Waals surface area contributed by atoms with Gasteiger partial charge < -0.3 is 10.0 Å². The molecule has 3 aromatic rings. The van der Waals surface area contributed by atoms with Crippen LogP contribution in [0.2, 0.25) is 0 Å². The molecule has 2 heterocycles. The van der Waals surface area contributed by atoms with Gasteiger partial charge in [-0.2, -0.15) is 0 Å². The van der Waals surface area contributed by atoms with E-state index in [0.717, 1.165) is 28.9 Å². The van der Waals surface area contributed by atoms with Crippen molar-refractivity contribution < 1.29 is 14.7 Å². The number of anilines is 1. The van der Waals surface area contributed by atoms with Crippen molar-refractivity contribution in [3.8, 4) is 11.3 Å². The minimum atomic E-state index is -1.00. The fourth-order valence-corrected chi connectivity index (χ4v) is 4.55. The lowest BCUT2D eigenvalue weighted by Crippen LogP contribution is -2.49.